The maximum Gasteiger partial charge on any atom is 0.345 e. The van der Waals surface area contributed by atoms with E-state index in [0.29, 0.717) is 24.8 Å². The number of carbonyl (C=O) groups is 3. The van der Waals surface area contributed by atoms with Gasteiger partial charge in [-0.1, -0.05) is 60.8 Å². The van der Waals surface area contributed by atoms with Crippen molar-refractivity contribution in [3.05, 3.63) is 46.6 Å². The molecule has 3 fully saturated rings. The maximum absolute atomic E-state index is 13.9. The number of ether oxygens (including phenoxy) is 4. The minimum absolute atomic E-state index is 0.00523. The number of hydrogen-bond donors (Lipinski definition) is 1. The molecule has 0 aromatic carbocycles. The summed E-state index contributed by atoms with van der Waals surface area (Å²) in [6.07, 6.45) is 6.04. The highest BCUT2D eigenvalue weighted by molar-refractivity contribution is 5.73. The molecule has 11 heteroatoms. The van der Waals surface area contributed by atoms with Crippen molar-refractivity contribution in [2.24, 2.45) is 40.4 Å². The third-order valence-corrected chi connectivity index (χ3v) is 12.5. The molecule has 3 heterocycles. The highest BCUT2D eigenvalue weighted by Gasteiger charge is 2.71. The zero-order valence-electron chi connectivity index (χ0n) is 30.9. The summed E-state index contributed by atoms with van der Waals surface area (Å²) in [4.78, 5) is 57.8. The fraction of sp³-hybridized carbons (Fsp3) is 0.675. The Morgan fingerprint density at radius 2 is 1.69 bits per heavy atom. The van der Waals surface area contributed by atoms with Gasteiger partial charge in [0, 0.05) is 35.4 Å². The molecule has 51 heavy (non-hydrogen) atoms. The van der Waals surface area contributed by atoms with E-state index in [4.69, 9.17) is 23.4 Å². The lowest BCUT2D eigenvalue weighted by Crippen LogP contribution is -2.71. The molecule has 278 valence electrons. The third kappa shape index (κ3) is 6.59. The number of hydrogen-bond acceptors (Lipinski definition) is 11. The largest absolute Gasteiger partial charge is 0.482 e. The SMILES string of the molecule is CC(C)C(=O)OC[C@@]1(C)[C@@H]2C[C@H](OC(=O)C3CCCCC3)[C@@]3(C)Oc4cc(-c5cccnc5)oc(=O)c4[C@H](O)[C@@H]3[C@@]2(C)CC[C@@H]1OC(=O)C(C)C. The van der Waals surface area contributed by atoms with E-state index in [2.05, 4.69) is 11.9 Å². The Balaban J connectivity index is 1.47. The molecular formula is C40H53NO10. The molecule has 0 bridgehead atoms. The summed E-state index contributed by atoms with van der Waals surface area (Å²) < 4.78 is 31.3. The molecule has 2 aromatic heterocycles. The smallest absolute Gasteiger partial charge is 0.345 e. The predicted octanol–water partition coefficient (Wildman–Crippen LogP) is 6.59. The fourth-order valence-corrected chi connectivity index (χ4v) is 9.62. The topological polar surface area (TPSA) is 151 Å². The van der Waals surface area contributed by atoms with Crippen molar-refractivity contribution < 1.29 is 42.9 Å². The van der Waals surface area contributed by atoms with E-state index in [-0.39, 0.29) is 59.3 Å². The first-order chi connectivity index (χ1) is 24.1. The zero-order chi connectivity index (χ0) is 36.9. The average Bonchev–Trinajstić information content (AvgIpc) is 3.09. The molecule has 0 radical (unpaired) electrons. The molecular weight excluding hydrogens is 654 g/mol. The van der Waals surface area contributed by atoms with Gasteiger partial charge in [0.1, 0.15) is 41.5 Å². The number of aliphatic hydroxyl groups is 1. The quantitative estimate of drug-likeness (QED) is 0.234. The van der Waals surface area contributed by atoms with Crippen molar-refractivity contribution in [3.63, 3.8) is 0 Å². The molecule has 3 aliphatic carbocycles. The Morgan fingerprint density at radius 1 is 0.980 bits per heavy atom. The number of aromatic nitrogens is 1. The van der Waals surface area contributed by atoms with E-state index in [1.807, 2.05) is 13.8 Å². The molecule has 11 nitrogen and oxygen atoms in total. The standard InChI is InChI=1S/C40H53NO10/c1-22(2)34(43)47-21-39(6)28-19-30(50-36(45)24-12-9-8-10-13-24)40(7)33(38(28,5)16-15-29(39)49-35(44)23(3)4)32(42)31-27(51-40)18-26(48-37(31)46)25-14-11-17-41-20-25/h11,14,17-18,20,22-24,28-30,32-33,42H,8-10,12-13,15-16,19,21H2,1-7H3/t28-,29+,30+,32+,33-,38+,39+,40-/m1/s1. The van der Waals surface area contributed by atoms with E-state index in [1.165, 1.54) is 0 Å². The van der Waals surface area contributed by atoms with Crippen LogP contribution in [0.2, 0.25) is 0 Å². The normalized spacial score (nSPS) is 33.3. The van der Waals surface area contributed by atoms with Gasteiger partial charge in [-0.25, -0.2) is 4.79 Å². The minimum atomic E-state index is -1.35. The summed E-state index contributed by atoms with van der Waals surface area (Å²) in [5.41, 5.74) is -3.11. The van der Waals surface area contributed by atoms with Crippen molar-refractivity contribution in [2.75, 3.05) is 6.61 Å². The Bertz CT molecular complexity index is 1680. The van der Waals surface area contributed by atoms with Crippen LogP contribution in [0.3, 0.4) is 0 Å². The molecule has 1 N–H and O–H groups in total. The first-order valence-corrected chi connectivity index (χ1v) is 18.6. The van der Waals surface area contributed by atoms with Crippen LogP contribution in [0, 0.1) is 40.4 Å². The lowest BCUT2D eigenvalue weighted by atomic mass is 9.42. The van der Waals surface area contributed by atoms with Crippen LogP contribution in [0.25, 0.3) is 11.3 Å². The monoisotopic (exact) mass is 707 g/mol. The average molecular weight is 708 g/mol. The van der Waals surface area contributed by atoms with Crippen molar-refractivity contribution >= 4 is 17.9 Å². The van der Waals surface area contributed by atoms with Gasteiger partial charge in [-0.2, -0.15) is 0 Å². The predicted molar refractivity (Wildman–Crippen MR) is 186 cm³/mol. The van der Waals surface area contributed by atoms with Crippen LogP contribution in [0.1, 0.15) is 112 Å². The van der Waals surface area contributed by atoms with Gasteiger partial charge in [-0.05, 0) is 62.5 Å². The maximum atomic E-state index is 13.9. The van der Waals surface area contributed by atoms with Crippen LogP contribution < -0.4 is 10.4 Å². The van der Waals surface area contributed by atoms with Crippen LogP contribution >= 0.6 is 0 Å². The number of pyridine rings is 1. The van der Waals surface area contributed by atoms with Crippen LogP contribution in [0.4, 0.5) is 0 Å². The number of esters is 3. The number of rotatable bonds is 8. The molecule has 1 aliphatic heterocycles. The van der Waals surface area contributed by atoms with Gasteiger partial charge in [-0.15, -0.1) is 0 Å². The molecule has 0 spiro atoms. The van der Waals surface area contributed by atoms with Crippen LogP contribution in [0.15, 0.2) is 39.8 Å². The molecule has 0 unspecified atom stereocenters. The summed E-state index contributed by atoms with van der Waals surface area (Å²) in [7, 11) is 0. The van der Waals surface area contributed by atoms with Gasteiger partial charge >= 0.3 is 23.5 Å². The van der Waals surface area contributed by atoms with Crippen molar-refractivity contribution in [3.8, 4) is 17.1 Å². The number of fused-ring (bicyclic) bond motifs is 4. The minimum Gasteiger partial charge on any atom is -0.482 e. The van der Waals surface area contributed by atoms with Crippen LogP contribution in [0.5, 0.6) is 5.75 Å². The van der Waals surface area contributed by atoms with Gasteiger partial charge in [0.05, 0.1) is 23.9 Å². The van der Waals surface area contributed by atoms with E-state index >= 15 is 0 Å². The highest BCUT2D eigenvalue weighted by atomic mass is 16.6. The van der Waals surface area contributed by atoms with E-state index < -0.39 is 52.2 Å². The Hall–Kier alpha value is -3.73. The van der Waals surface area contributed by atoms with Gasteiger partial charge in [0.25, 0.3) is 0 Å². The molecule has 0 amide bonds. The molecule has 3 saturated carbocycles. The van der Waals surface area contributed by atoms with Crippen molar-refractivity contribution in [2.45, 2.75) is 124 Å². The number of carbonyl (C=O) groups excluding carboxylic acids is 3. The first-order valence-electron chi connectivity index (χ1n) is 18.6. The van der Waals surface area contributed by atoms with E-state index in [0.717, 1.165) is 32.1 Å². The summed E-state index contributed by atoms with van der Waals surface area (Å²) in [6.45, 7) is 12.9. The molecule has 8 atom stereocenters. The Labute approximate surface area is 299 Å². The van der Waals surface area contributed by atoms with Crippen LogP contribution in [-0.4, -0.2) is 52.4 Å². The second-order valence-electron chi connectivity index (χ2n) is 16.6. The summed E-state index contributed by atoms with van der Waals surface area (Å²) in [5, 5.41) is 12.5. The summed E-state index contributed by atoms with van der Waals surface area (Å²) in [6, 6.07) is 5.10. The van der Waals surface area contributed by atoms with Crippen LogP contribution in [-0.2, 0) is 28.6 Å². The van der Waals surface area contributed by atoms with Gasteiger partial charge in [0.2, 0.25) is 0 Å². The van der Waals surface area contributed by atoms with E-state index in [9.17, 15) is 24.3 Å². The lowest BCUT2D eigenvalue weighted by molar-refractivity contribution is -0.272. The molecule has 0 saturated heterocycles. The zero-order valence-corrected chi connectivity index (χ0v) is 30.9. The summed E-state index contributed by atoms with van der Waals surface area (Å²) >= 11 is 0. The first kappa shape index (κ1) is 37.0. The Kier molecular flexibility index (Phi) is 10.2. The highest BCUT2D eigenvalue weighted by Crippen LogP contribution is 2.67. The number of nitrogens with zero attached hydrogens (tertiary/aromatic N) is 1. The lowest BCUT2D eigenvalue weighted by Gasteiger charge is -2.66. The van der Waals surface area contributed by atoms with Gasteiger partial charge in [0.15, 0.2) is 0 Å². The Morgan fingerprint density at radius 3 is 2.33 bits per heavy atom. The second-order valence-corrected chi connectivity index (χ2v) is 16.6. The molecule has 6 rings (SSSR count). The van der Waals surface area contributed by atoms with Crippen molar-refractivity contribution in [1.82, 2.24) is 4.98 Å². The molecule has 2 aromatic rings. The summed E-state index contributed by atoms with van der Waals surface area (Å²) in [5.74, 6) is -2.78. The fourth-order valence-electron chi connectivity index (χ4n) is 9.62. The van der Waals surface area contributed by atoms with Crippen molar-refractivity contribution in [1.29, 1.82) is 0 Å². The van der Waals surface area contributed by atoms with E-state index in [1.54, 1.807) is 58.3 Å². The number of aliphatic hydroxyl groups excluding tert-OH is 1. The van der Waals surface area contributed by atoms with Gasteiger partial charge in [-0.3, -0.25) is 19.4 Å². The third-order valence-electron chi connectivity index (χ3n) is 12.5. The van der Waals surface area contributed by atoms with Gasteiger partial charge < -0.3 is 28.5 Å². The second kappa shape index (κ2) is 14.0. The molecule has 4 aliphatic rings.